The van der Waals surface area contributed by atoms with Crippen molar-refractivity contribution in [3.8, 4) is 17.0 Å². The second-order valence-electron chi connectivity index (χ2n) is 10.5. The van der Waals surface area contributed by atoms with Crippen LogP contribution in [0.3, 0.4) is 0 Å². The lowest BCUT2D eigenvalue weighted by Crippen LogP contribution is -2.02. The van der Waals surface area contributed by atoms with E-state index >= 15 is 0 Å². The van der Waals surface area contributed by atoms with Crippen LogP contribution in [0.25, 0.3) is 22.2 Å². The molecule has 1 fully saturated rings. The molecule has 0 amide bonds. The number of halogens is 3. The third kappa shape index (κ3) is 5.42. The van der Waals surface area contributed by atoms with E-state index in [0.717, 1.165) is 47.2 Å². The molecule has 0 spiro atoms. The number of ether oxygens (including phenoxy) is 1. The van der Waals surface area contributed by atoms with E-state index < -0.39 is 5.97 Å². The molecule has 1 aliphatic carbocycles. The van der Waals surface area contributed by atoms with Gasteiger partial charge in [-0.2, -0.15) is 5.10 Å². The monoisotopic (exact) mass is 609 g/mol. The van der Waals surface area contributed by atoms with Crippen molar-refractivity contribution in [2.45, 2.75) is 44.6 Å². The van der Waals surface area contributed by atoms with Crippen molar-refractivity contribution in [2.75, 3.05) is 0 Å². The predicted octanol–water partition coefficient (Wildman–Crippen LogP) is 8.69. The third-order valence-electron chi connectivity index (χ3n) is 7.51. The zero-order valence-corrected chi connectivity index (χ0v) is 24.6. The molecule has 5 aromatic rings. The van der Waals surface area contributed by atoms with Gasteiger partial charge in [-0.15, -0.1) is 0 Å². The number of carboxylic acid groups (broad SMARTS) is 1. The number of nitrogens with zero attached hydrogens (tertiary/aromatic N) is 3. The normalized spacial score (nSPS) is 14.0. The molecule has 0 bridgehead atoms. The van der Waals surface area contributed by atoms with E-state index in [1.54, 1.807) is 29.9 Å². The minimum Gasteiger partial charge on any atom is -0.489 e. The second kappa shape index (κ2) is 11.0. The maximum atomic E-state index is 11.5. The van der Waals surface area contributed by atoms with Crippen LogP contribution >= 0.6 is 34.8 Å². The first-order valence-corrected chi connectivity index (χ1v) is 14.4. The summed E-state index contributed by atoms with van der Waals surface area (Å²) < 4.78 is 13.5. The number of benzene rings is 3. The number of carbonyl (C=O) groups is 1. The van der Waals surface area contributed by atoms with E-state index in [4.69, 9.17) is 44.1 Å². The summed E-state index contributed by atoms with van der Waals surface area (Å²) in [6.07, 6.45) is 2.81. The molecule has 1 N–H and O–H groups in total. The average molecular weight is 611 g/mol. The number of aryl methyl sites for hydroxylation is 1. The Labute approximate surface area is 251 Å². The van der Waals surface area contributed by atoms with Crippen molar-refractivity contribution in [3.63, 3.8) is 0 Å². The summed E-state index contributed by atoms with van der Waals surface area (Å²) in [5, 5.41) is 20.1. The van der Waals surface area contributed by atoms with Gasteiger partial charge >= 0.3 is 5.97 Å². The first-order valence-electron chi connectivity index (χ1n) is 13.2. The summed E-state index contributed by atoms with van der Waals surface area (Å²) in [6.45, 7) is 2.34. The predicted molar refractivity (Wildman–Crippen MR) is 160 cm³/mol. The molecule has 6 rings (SSSR count). The minimum absolute atomic E-state index is 0.0540. The molecule has 7 nitrogen and oxygen atoms in total. The number of aromatic nitrogens is 3. The molecule has 3 aromatic carbocycles. The number of fused-ring (bicyclic) bond motifs is 1. The van der Waals surface area contributed by atoms with Crippen molar-refractivity contribution in [3.05, 3.63) is 97.8 Å². The van der Waals surface area contributed by atoms with Gasteiger partial charge in [0.25, 0.3) is 0 Å². The number of aromatic carboxylic acids is 1. The lowest BCUT2D eigenvalue weighted by molar-refractivity contribution is 0.0691. The van der Waals surface area contributed by atoms with Crippen molar-refractivity contribution in [1.82, 2.24) is 14.9 Å². The van der Waals surface area contributed by atoms with Gasteiger partial charge in [-0.25, -0.2) is 4.79 Å². The molecule has 210 valence electrons. The molecule has 0 radical (unpaired) electrons. The van der Waals surface area contributed by atoms with Crippen molar-refractivity contribution in [2.24, 2.45) is 7.05 Å². The van der Waals surface area contributed by atoms with Gasteiger partial charge in [0.05, 0.1) is 21.1 Å². The lowest BCUT2D eigenvalue weighted by Gasteiger charge is -2.16. The molecule has 1 saturated carbocycles. The van der Waals surface area contributed by atoms with Crippen LogP contribution in [0.1, 0.15) is 64.5 Å². The van der Waals surface area contributed by atoms with E-state index in [2.05, 4.69) is 17.2 Å². The lowest BCUT2D eigenvalue weighted by atomic mass is 9.93. The quantitative estimate of drug-likeness (QED) is 0.180. The molecule has 41 heavy (non-hydrogen) atoms. The average Bonchev–Trinajstić information content (AvgIpc) is 3.61. The largest absolute Gasteiger partial charge is 0.489 e. The van der Waals surface area contributed by atoms with Gasteiger partial charge < -0.3 is 14.4 Å². The van der Waals surface area contributed by atoms with Crippen LogP contribution in [0.15, 0.2) is 59.1 Å². The summed E-state index contributed by atoms with van der Waals surface area (Å²) in [4.78, 5) is 11.5. The fourth-order valence-corrected chi connectivity index (χ4v) is 6.19. The van der Waals surface area contributed by atoms with E-state index in [-0.39, 0.29) is 18.2 Å². The van der Waals surface area contributed by atoms with E-state index in [1.165, 1.54) is 0 Å². The van der Waals surface area contributed by atoms with Crippen molar-refractivity contribution >= 4 is 51.7 Å². The first-order chi connectivity index (χ1) is 19.7. The molecular formula is C31H26Cl3N3O4. The number of rotatable bonds is 9. The molecule has 1 aliphatic rings. The molecule has 10 heteroatoms. The third-order valence-corrected chi connectivity index (χ3v) is 8.47. The van der Waals surface area contributed by atoms with Gasteiger partial charge in [0, 0.05) is 28.9 Å². The molecule has 2 aromatic heterocycles. The molecule has 1 unspecified atom stereocenters. The fraction of sp³-hybridized carbons (Fsp3) is 0.258. The Morgan fingerprint density at radius 2 is 1.85 bits per heavy atom. The van der Waals surface area contributed by atoms with Crippen molar-refractivity contribution in [1.29, 1.82) is 0 Å². The zero-order valence-electron chi connectivity index (χ0n) is 22.3. The Morgan fingerprint density at radius 3 is 2.54 bits per heavy atom. The van der Waals surface area contributed by atoms with E-state index in [0.29, 0.717) is 43.4 Å². The van der Waals surface area contributed by atoms with Crippen LogP contribution in [0.5, 0.6) is 5.75 Å². The summed E-state index contributed by atoms with van der Waals surface area (Å²) >= 11 is 19.7. The Hall–Kier alpha value is -3.52. The summed E-state index contributed by atoms with van der Waals surface area (Å²) in [5.41, 5.74) is 4.95. The van der Waals surface area contributed by atoms with E-state index in [9.17, 15) is 9.90 Å². The Kier molecular flexibility index (Phi) is 7.45. The SMILES string of the molecule is CC(Cc1ccc2c(C(=O)O)nn(C)c2c1)c1ccc(OCc2c(-c3c(Cl)cccc3Cl)noc2C2CC2)cc1Cl. The van der Waals surface area contributed by atoms with E-state index in [1.807, 2.05) is 36.4 Å². The topological polar surface area (TPSA) is 90.4 Å². The summed E-state index contributed by atoms with van der Waals surface area (Å²) in [6, 6.07) is 16.8. The summed E-state index contributed by atoms with van der Waals surface area (Å²) in [5.74, 6) is 0.831. The van der Waals surface area contributed by atoms with Crippen LogP contribution in [-0.2, 0) is 20.1 Å². The zero-order chi connectivity index (χ0) is 28.8. The van der Waals surface area contributed by atoms with Gasteiger partial charge in [0.2, 0.25) is 0 Å². The van der Waals surface area contributed by atoms with Gasteiger partial charge in [-0.3, -0.25) is 4.68 Å². The van der Waals surface area contributed by atoms with Crippen molar-refractivity contribution < 1.29 is 19.2 Å². The van der Waals surface area contributed by atoms with Crippen LogP contribution in [-0.4, -0.2) is 26.0 Å². The number of hydrogen-bond donors (Lipinski definition) is 1. The summed E-state index contributed by atoms with van der Waals surface area (Å²) in [7, 11) is 1.75. The number of carboxylic acids is 1. The van der Waals surface area contributed by atoms with Gasteiger partial charge in [-0.1, -0.05) is 71.1 Å². The highest BCUT2D eigenvalue weighted by Crippen LogP contribution is 2.46. The Bertz CT molecular complexity index is 1770. The highest BCUT2D eigenvalue weighted by atomic mass is 35.5. The fourth-order valence-electron chi connectivity index (χ4n) is 5.25. The van der Waals surface area contributed by atoms with Crippen LogP contribution in [0, 0.1) is 0 Å². The minimum atomic E-state index is -1.04. The standard InChI is InChI=1S/C31H26Cl3N3O4/c1-16(12-17-6-10-21-26(13-17)37(2)35-29(21)31(38)39)20-11-9-19(14-25(20)34)40-15-22-28(36-41-30(22)18-7-8-18)27-23(32)4-3-5-24(27)33/h3-6,9-11,13-14,16,18H,7-8,12,15H2,1-2H3,(H,38,39). The molecule has 1 atom stereocenters. The molecule has 0 aliphatic heterocycles. The van der Waals surface area contributed by atoms with Gasteiger partial charge in [0.1, 0.15) is 23.8 Å². The highest BCUT2D eigenvalue weighted by molar-refractivity contribution is 6.39. The molecular weight excluding hydrogens is 585 g/mol. The second-order valence-corrected chi connectivity index (χ2v) is 11.7. The Balaban J connectivity index is 1.20. The van der Waals surface area contributed by atoms with Crippen LogP contribution in [0.4, 0.5) is 0 Å². The van der Waals surface area contributed by atoms with Crippen LogP contribution < -0.4 is 4.74 Å². The maximum absolute atomic E-state index is 11.5. The molecule has 0 saturated heterocycles. The van der Waals surface area contributed by atoms with Gasteiger partial charge in [-0.05, 0) is 66.6 Å². The smallest absolute Gasteiger partial charge is 0.357 e. The van der Waals surface area contributed by atoms with Gasteiger partial charge in [0.15, 0.2) is 5.69 Å². The highest BCUT2D eigenvalue weighted by Gasteiger charge is 2.33. The Morgan fingerprint density at radius 1 is 1.10 bits per heavy atom. The molecule has 2 heterocycles. The number of hydrogen-bond acceptors (Lipinski definition) is 5. The van der Waals surface area contributed by atoms with Crippen LogP contribution in [0.2, 0.25) is 15.1 Å². The maximum Gasteiger partial charge on any atom is 0.357 e. The first kappa shape index (κ1) is 27.6.